The summed E-state index contributed by atoms with van der Waals surface area (Å²) in [6.45, 7) is 7.08. The van der Waals surface area contributed by atoms with Gasteiger partial charge in [0.25, 0.3) is 0 Å². The molecule has 1 atom stereocenters. The molecular formula is C10H23NO2. The zero-order valence-electron chi connectivity index (χ0n) is 8.87. The maximum Gasteiger partial charge on any atom is 0.0558 e. The molecule has 0 aliphatic carbocycles. The van der Waals surface area contributed by atoms with E-state index in [9.17, 15) is 0 Å². The second-order valence-corrected chi connectivity index (χ2v) is 3.64. The van der Waals surface area contributed by atoms with Crippen LogP contribution in [0.15, 0.2) is 0 Å². The molecule has 0 heterocycles. The Labute approximate surface area is 81.4 Å². The first-order chi connectivity index (χ1) is 6.24. The van der Waals surface area contributed by atoms with Crippen molar-refractivity contribution >= 4 is 0 Å². The second kappa shape index (κ2) is 8.48. The highest BCUT2D eigenvalue weighted by atomic mass is 16.3. The lowest BCUT2D eigenvalue weighted by Gasteiger charge is -2.23. The summed E-state index contributed by atoms with van der Waals surface area (Å²) in [5.41, 5.74) is 0. The van der Waals surface area contributed by atoms with Crippen molar-refractivity contribution in [1.82, 2.24) is 4.90 Å². The van der Waals surface area contributed by atoms with Crippen molar-refractivity contribution in [1.29, 1.82) is 0 Å². The predicted molar refractivity (Wildman–Crippen MR) is 54.7 cm³/mol. The number of rotatable bonds is 8. The minimum Gasteiger partial charge on any atom is -0.395 e. The van der Waals surface area contributed by atoms with Gasteiger partial charge in [0.15, 0.2) is 0 Å². The van der Waals surface area contributed by atoms with Crippen LogP contribution in [-0.4, -0.2) is 48.0 Å². The monoisotopic (exact) mass is 189 g/mol. The summed E-state index contributed by atoms with van der Waals surface area (Å²) < 4.78 is 0. The number of aliphatic hydroxyl groups excluding tert-OH is 2. The molecule has 0 aromatic rings. The standard InChI is InChI=1S/C10H23NO2/c1-3-4-10(2)9-11(5-7-12)6-8-13/h10,12-13H,3-9H2,1-2H3. The summed E-state index contributed by atoms with van der Waals surface area (Å²) in [4.78, 5) is 2.11. The Balaban J connectivity index is 3.64. The molecule has 0 aliphatic heterocycles. The number of aliphatic hydroxyl groups is 2. The summed E-state index contributed by atoms with van der Waals surface area (Å²) >= 11 is 0. The van der Waals surface area contributed by atoms with Crippen LogP contribution < -0.4 is 0 Å². The van der Waals surface area contributed by atoms with Gasteiger partial charge < -0.3 is 10.2 Å². The zero-order chi connectivity index (χ0) is 10.1. The molecule has 0 spiro atoms. The Bertz CT molecular complexity index is 103. The summed E-state index contributed by atoms with van der Waals surface area (Å²) in [5.74, 6) is 0.656. The Morgan fingerprint density at radius 2 is 1.69 bits per heavy atom. The van der Waals surface area contributed by atoms with Crippen molar-refractivity contribution in [2.45, 2.75) is 26.7 Å². The molecular weight excluding hydrogens is 166 g/mol. The molecule has 3 heteroatoms. The molecule has 0 saturated heterocycles. The summed E-state index contributed by atoms with van der Waals surface area (Å²) in [7, 11) is 0. The largest absolute Gasteiger partial charge is 0.395 e. The number of nitrogens with zero attached hydrogens (tertiary/aromatic N) is 1. The molecule has 0 bridgehead atoms. The third kappa shape index (κ3) is 6.99. The van der Waals surface area contributed by atoms with Crippen molar-refractivity contribution in [3.63, 3.8) is 0 Å². The number of hydrogen-bond acceptors (Lipinski definition) is 3. The lowest BCUT2D eigenvalue weighted by molar-refractivity contribution is 0.145. The smallest absolute Gasteiger partial charge is 0.0558 e. The van der Waals surface area contributed by atoms with Gasteiger partial charge in [-0.15, -0.1) is 0 Å². The highest BCUT2D eigenvalue weighted by Gasteiger charge is 2.08. The first-order valence-corrected chi connectivity index (χ1v) is 5.18. The van der Waals surface area contributed by atoms with Crippen molar-refractivity contribution in [3.8, 4) is 0 Å². The topological polar surface area (TPSA) is 43.7 Å². The van der Waals surface area contributed by atoms with Gasteiger partial charge >= 0.3 is 0 Å². The van der Waals surface area contributed by atoms with Gasteiger partial charge in [0.05, 0.1) is 13.2 Å². The molecule has 0 radical (unpaired) electrons. The van der Waals surface area contributed by atoms with Crippen molar-refractivity contribution in [2.75, 3.05) is 32.8 Å². The molecule has 0 aromatic carbocycles. The molecule has 0 fully saturated rings. The lowest BCUT2D eigenvalue weighted by atomic mass is 10.1. The molecule has 0 saturated carbocycles. The van der Waals surface area contributed by atoms with Gasteiger partial charge in [0, 0.05) is 19.6 Å². The number of hydrogen-bond donors (Lipinski definition) is 2. The van der Waals surface area contributed by atoms with Gasteiger partial charge in [-0.2, -0.15) is 0 Å². The average molecular weight is 189 g/mol. The van der Waals surface area contributed by atoms with Crippen LogP contribution >= 0.6 is 0 Å². The molecule has 0 aliphatic rings. The summed E-state index contributed by atoms with van der Waals surface area (Å²) in [5, 5.41) is 17.6. The van der Waals surface area contributed by atoms with Gasteiger partial charge in [-0.25, -0.2) is 0 Å². The van der Waals surface area contributed by atoms with E-state index < -0.39 is 0 Å². The zero-order valence-corrected chi connectivity index (χ0v) is 8.87. The van der Waals surface area contributed by atoms with Crippen LogP contribution in [0.3, 0.4) is 0 Å². The maximum absolute atomic E-state index is 8.78. The van der Waals surface area contributed by atoms with Crippen LogP contribution in [0.2, 0.25) is 0 Å². The van der Waals surface area contributed by atoms with E-state index in [4.69, 9.17) is 10.2 Å². The third-order valence-electron chi connectivity index (χ3n) is 2.18. The minimum atomic E-state index is 0.179. The Morgan fingerprint density at radius 3 is 2.08 bits per heavy atom. The fourth-order valence-corrected chi connectivity index (χ4v) is 1.60. The Morgan fingerprint density at radius 1 is 1.15 bits per heavy atom. The van der Waals surface area contributed by atoms with E-state index in [0.29, 0.717) is 19.0 Å². The Kier molecular flexibility index (Phi) is 8.40. The first-order valence-electron chi connectivity index (χ1n) is 5.18. The molecule has 13 heavy (non-hydrogen) atoms. The fourth-order valence-electron chi connectivity index (χ4n) is 1.60. The van der Waals surface area contributed by atoms with E-state index in [2.05, 4.69) is 18.7 Å². The lowest BCUT2D eigenvalue weighted by Crippen LogP contribution is -2.33. The summed E-state index contributed by atoms with van der Waals surface area (Å²) in [6.07, 6.45) is 2.42. The van der Waals surface area contributed by atoms with Gasteiger partial charge in [-0.3, -0.25) is 4.90 Å². The molecule has 0 aromatic heterocycles. The van der Waals surface area contributed by atoms with Crippen LogP contribution in [0, 0.1) is 5.92 Å². The van der Waals surface area contributed by atoms with Crippen LogP contribution in [0.4, 0.5) is 0 Å². The van der Waals surface area contributed by atoms with E-state index in [1.165, 1.54) is 12.8 Å². The molecule has 2 N–H and O–H groups in total. The van der Waals surface area contributed by atoms with Crippen LogP contribution in [0.25, 0.3) is 0 Å². The van der Waals surface area contributed by atoms with E-state index in [-0.39, 0.29) is 13.2 Å². The third-order valence-corrected chi connectivity index (χ3v) is 2.18. The average Bonchev–Trinajstić information content (AvgIpc) is 2.05. The predicted octanol–water partition coefficient (Wildman–Crippen LogP) is 0.709. The van der Waals surface area contributed by atoms with Crippen LogP contribution in [0.1, 0.15) is 26.7 Å². The van der Waals surface area contributed by atoms with E-state index in [1.807, 2.05) is 0 Å². The molecule has 80 valence electrons. The molecule has 0 amide bonds. The normalized spacial score (nSPS) is 13.6. The van der Waals surface area contributed by atoms with Gasteiger partial charge in [0.2, 0.25) is 0 Å². The fraction of sp³-hybridized carbons (Fsp3) is 1.00. The van der Waals surface area contributed by atoms with Crippen molar-refractivity contribution in [2.24, 2.45) is 5.92 Å². The van der Waals surface area contributed by atoms with E-state index in [1.54, 1.807) is 0 Å². The van der Waals surface area contributed by atoms with Crippen LogP contribution in [-0.2, 0) is 0 Å². The highest BCUT2D eigenvalue weighted by Crippen LogP contribution is 2.06. The van der Waals surface area contributed by atoms with E-state index >= 15 is 0 Å². The molecule has 0 rings (SSSR count). The van der Waals surface area contributed by atoms with E-state index in [0.717, 1.165) is 6.54 Å². The van der Waals surface area contributed by atoms with Gasteiger partial charge in [-0.1, -0.05) is 20.3 Å². The molecule has 3 nitrogen and oxygen atoms in total. The van der Waals surface area contributed by atoms with Crippen LogP contribution in [0.5, 0.6) is 0 Å². The van der Waals surface area contributed by atoms with Gasteiger partial charge in [-0.05, 0) is 12.3 Å². The SMILES string of the molecule is CCCC(C)CN(CCO)CCO. The highest BCUT2D eigenvalue weighted by molar-refractivity contribution is 4.61. The molecule has 1 unspecified atom stereocenters. The van der Waals surface area contributed by atoms with Gasteiger partial charge in [0.1, 0.15) is 0 Å². The maximum atomic E-state index is 8.78. The van der Waals surface area contributed by atoms with Crippen molar-refractivity contribution < 1.29 is 10.2 Å². The summed E-state index contributed by atoms with van der Waals surface area (Å²) in [6, 6.07) is 0. The minimum absolute atomic E-state index is 0.179. The second-order valence-electron chi connectivity index (χ2n) is 3.64. The first kappa shape index (κ1) is 12.9. The van der Waals surface area contributed by atoms with Crippen molar-refractivity contribution in [3.05, 3.63) is 0 Å². The quantitative estimate of drug-likeness (QED) is 0.591. The Hall–Kier alpha value is -0.120.